The van der Waals surface area contributed by atoms with E-state index >= 15 is 0 Å². The third kappa shape index (κ3) is 16.1. The van der Waals surface area contributed by atoms with Crippen molar-refractivity contribution in [1.29, 1.82) is 0 Å². The summed E-state index contributed by atoms with van der Waals surface area (Å²) in [6.07, 6.45) is 14.1. The fourth-order valence-corrected chi connectivity index (χ4v) is 4.71. The average molecular weight is 662 g/mol. The lowest BCUT2D eigenvalue weighted by molar-refractivity contribution is -0.137. The fourth-order valence-electron chi connectivity index (χ4n) is 4.48. The predicted molar refractivity (Wildman–Crippen MR) is 186 cm³/mol. The molecule has 1 aromatic rings. The summed E-state index contributed by atoms with van der Waals surface area (Å²) < 4.78 is 12.5. The van der Waals surface area contributed by atoms with Gasteiger partial charge in [0.15, 0.2) is 6.17 Å². The van der Waals surface area contributed by atoms with Crippen molar-refractivity contribution >= 4 is 42.0 Å². The van der Waals surface area contributed by atoms with Crippen LogP contribution in [0.2, 0.25) is 0 Å². The van der Waals surface area contributed by atoms with E-state index in [0.717, 1.165) is 35.3 Å². The number of nitrogens with one attached hydrogen (secondary N) is 1. The molecule has 0 aliphatic heterocycles. The van der Waals surface area contributed by atoms with Gasteiger partial charge in [0.1, 0.15) is 5.82 Å². The summed E-state index contributed by atoms with van der Waals surface area (Å²) in [4.78, 5) is 36.7. The molecular formula is C34H49ClFN5O3S. The number of nitrogens with zero attached hydrogens (tertiary/aromatic N) is 1. The van der Waals surface area contributed by atoms with Crippen molar-refractivity contribution < 1.29 is 18.8 Å². The number of carbonyl (C=O) groups excluding carboxylic acids is 3. The quantitative estimate of drug-likeness (QED) is 0.130. The van der Waals surface area contributed by atoms with Gasteiger partial charge in [-0.25, -0.2) is 4.39 Å². The summed E-state index contributed by atoms with van der Waals surface area (Å²) >= 11 is 10.2. The Bertz CT molecular complexity index is 1260. The van der Waals surface area contributed by atoms with Gasteiger partial charge >= 0.3 is 0 Å². The zero-order valence-electron chi connectivity index (χ0n) is 26.7. The molecule has 3 rings (SSSR count). The molecule has 2 aliphatic rings. The Labute approximate surface area is 278 Å². The van der Waals surface area contributed by atoms with E-state index in [2.05, 4.69) is 36.7 Å². The smallest absolute Gasteiger partial charge is 0.260 e. The van der Waals surface area contributed by atoms with Crippen LogP contribution < -0.4 is 22.5 Å². The molecule has 0 aromatic heterocycles. The molecule has 0 radical (unpaired) electrons. The number of hydrogen-bond donors (Lipinski definition) is 5. The molecule has 248 valence electrons. The molecule has 0 fully saturated rings. The topological polar surface area (TPSA) is 145 Å². The van der Waals surface area contributed by atoms with Crippen LogP contribution in [0.4, 0.5) is 4.39 Å². The lowest BCUT2D eigenvalue weighted by Crippen LogP contribution is -2.56. The number of allylic oxidation sites excluding steroid dienone is 6. The summed E-state index contributed by atoms with van der Waals surface area (Å²) in [5, 5.41) is 3.16. The van der Waals surface area contributed by atoms with Crippen molar-refractivity contribution in [3.05, 3.63) is 94.9 Å². The van der Waals surface area contributed by atoms with E-state index in [9.17, 15) is 18.8 Å². The van der Waals surface area contributed by atoms with Gasteiger partial charge < -0.3 is 27.4 Å². The van der Waals surface area contributed by atoms with Gasteiger partial charge in [0.25, 0.3) is 5.91 Å². The zero-order chi connectivity index (χ0) is 34.1. The minimum atomic E-state index is -1.08. The van der Waals surface area contributed by atoms with Gasteiger partial charge in [0.05, 0.1) is 6.04 Å². The zero-order valence-corrected chi connectivity index (χ0v) is 28.4. The van der Waals surface area contributed by atoms with Gasteiger partial charge in [-0.2, -0.15) is 12.6 Å². The largest absolute Gasteiger partial charge is 0.369 e. The van der Waals surface area contributed by atoms with Gasteiger partial charge in [-0.05, 0) is 74.8 Å². The van der Waals surface area contributed by atoms with E-state index < -0.39 is 6.17 Å². The number of halogens is 2. The molecule has 2 aliphatic carbocycles. The van der Waals surface area contributed by atoms with Crippen LogP contribution >= 0.6 is 24.2 Å². The van der Waals surface area contributed by atoms with Gasteiger partial charge in [-0.15, -0.1) is 0 Å². The van der Waals surface area contributed by atoms with E-state index in [1.165, 1.54) is 19.1 Å². The number of hydrogen-bond acceptors (Lipinski definition) is 6. The highest BCUT2D eigenvalue weighted by molar-refractivity contribution is 7.80. The molecule has 8 nitrogen and oxygen atoms in total. The van der Waals surface area contributed by atoms with E-state index in [0.29, 0.717) is 30.3 Å². The van der Waals surface area contributed by atoms with Crippen molar-refractivity contribution in [3.8, 4) is 0 Å². The van der Waals surface area contributed by atoms with Crippen LogP contribution in [-0.2, 0) is 20.8 Å². The molecule has 45 heavy (non-hydrogen) atoms. The maximum absolute atomic E-state index is 13.0. The molecule has 7 N–H and O–H groups in total. The molecular weight excluding hydrogens is 613 g/mol. The van der Waals surface area contributed by atoms with Crippen LogP contribution in [0.15, 0.2) is 83.5 Å². The molecule has 0 heterocycles. The van der Waals surface area contributed by atoms with E-state index in [1.807, 2.05) is 38.2 Å². The molecule has 1 aromatic carbocycles. The third-order valence-electron chi connectivity index (χ3n) is 6.81. The second-order valence-electron chi connectivity index (χ2n) is 11.5. The monoisotopic (exact) mass is 661 g/mol. The molecule has 3 amide bonds. The molecule has 0 saturated carbocycles. The van der Waals surface area contributed by atoms with Crippen LogP contribution in [0, 0.1) is 17.7 Å². The number of nitrogens with two attached hydrogens (primary N) is 3. The SMILES string of the molecule is C=C(C)CN(C(=O)C(N)NC(C)=O)[C@@H]1CC=C(Cl)C=C1CC1C=CC=CC1.CC(Cc1ccc(F)cc1)C(N)=O.CC(N)CS. The highest BCUT2D eigenvalue weighted by Crippen LogP contribution is 2.32. The van der Waals surface area contributed by atoms with Gasteiger partial charge in [0, 0.05) is 36.2 Å². The third-order valence-corrected chi connectivity index (χ3v) is 7.65. The Kier molecular flexibility index (Phi) is 18.4. The van der Waals surface area contributed by atoms with E-state index in [-0.39, 0.29) is 41.5 Å². The lowest BCUT2D eigenvalue weighted by atomic mass is 9.86. The van der Waals surface area contributed by atoms with Crippen molar-refractivity contribution in [2.45, 2.75) is 71.6 Å². The summed E-state index contributed by atoms with van der Waals surface area (Å²) in [5.74, 6) is -0.315. The first-order chi connectivity index (χ1) is 21.1. The van der Waals surface area contributed by atoms with Crippen molar-refractivity contribution in [2.75, 3.05) is 12.3 Å². The maximum Gasteiger partial charge on any atom is 0.260 e. The Morgan fingerprint density at radius 1 is 1.13 bits per heavy atom. The second-order valence-corrected chi connectivity index (χ2v) is 12.3. The minimum Gasteiger partial charge on any atom is -0.369 e. The summed E-state index contributed by atoms with van der Waals surface area (Å²) in [6, 6.07) is 6.17. The Morgan fingerprint density at radius 3 is 2.24 bits per heavy atom. The first kappa shape index (κ1) is 39.8. The first-order valence-corrected chi connectivity index (χ1v) is 15.9. The van der Waals surface area contributed by atoms with Crippen molar-refractivity contribution in [3.63, 3.8) is 0 Å². The van der Waals surface area contributed by atoms with Crippen molar-refractivity contribution in [2.24, 2.45) is 29.0 Å². The second kappa shape index (κ2) is 20.8. The number of amides is 3. The van der Waals surface area contributed by atoms with Crippen LogP contribution in [0.3, 0.4) is 0 Å². The minimum absolute atomic E-state index is 0.157. The maximum atomic E-state index is 13.0. The van der Waals surface area contributed by atoms with Crippen LogP contribution in [0.25, 0.3) is 0 Å². The lowest BCUT2D eigenvalue weighted by Gasteiger charge is -2.37. The summed E-state index contributed by atoms with van der Waals surface area (Å²) in [5.41, 5.74) is 19.1. The number of rotatable bonds is 11. The van der Waals surface area contributed by atoms with Gasteiger partial charge in [-0.1, -0.05) is 73.2 Å². The highest BCUT2D eigenvalue weighted by atomic mass is 35.5. The Morgan fingerprint density at radius 2 is 1.76 bits per heavy atom. The predicted octanol–water partition coefficient (Wildman–Crippen LogP) is 4.91. The first-order valence-electron chi connectivity index (χ1n) is 14.9. The molecule has 0 saturated heterocycles. The molecule has 0 bridgehead atoms. The average Bonchev–Trinajstić information content (AvgIpc) is 2.97. The van der Waals surface area contributed by atoms with Crippen molar-refractivity contribution in [1.82, 2.24) is 10.2 Å². The van der Waals surface area contributed by atoms with Crippen LogP contribution in [0.5, 0.6) is 0 Å². The van der Waals surface area contributed by atoms with Crippen LogP contribution in [-0.4, -0.2) is 53.2 Å². The molecule has 5 atom stereocenters. The van der Waals surface area contributed by atoms with Gasteiger partial charge in [0.2, 0.25) is 11.8 Å². The molecule has 0 spiro atoms. The number of primary amides is 1. The summed E-state index contributed by atoms with van der Waals surface area (Å²) in [7, 11) is 0. The Balaban J connectivity index is 0.000000464. The number of thiol groups is 1. The van der Waals surface area contributed by atoms with Crippen LogP contribution in [0.1, 0.15) is 52.5 Å². The normalized spacial score (nSPS) is 18.8. The standard InChI is InChI=1S/C21H28ClN3O2.C10H12FNO.C3H9NS/c1-14(2)13-25(21(27)20(23)24-15(3)26)19-10-9-18(22)12-17(19)11-16-7-5-4-6-8-16;1-7(10(12)13)6-8-2-4-9(11)5-3-8;1-3(4)2-5/h4-7,9,12,16,19-20H,1,8,10-11,13,23H2,2-3H3,(H,24,26);2-5,7H,6H2,1H3,(H2,12,13);3,5H,2,4H2,1H3/t16?,19-,20?;;/m1../s1. The fraction of sp³-hybridized carbons (Fsp3) is 0.441. The summed E-state index contributed by atoms with van der Waals surface area (Å²) in [6.45, 7) is 11.2. The van der Waals surface area contributed by atoms with E-state index in [4.69, 9.17) is 28.8 Å². The highest BCUT2D eigenvalue weighted by Gasteiger charge is 2.32. The number of benzene rings is 1. The van der Waals surface area contributed by atoms with E-state index in [1.54, 1.807) is 24.0 Å². The molecule has 11 heteroatoms. The molecule has 4 unspecified atom stereocenters. The number of carbonyl (C=O) groups is 3. The Hall–Kier alpha value is -3.18. The van der Waals surface area contributed by atoms with Gasteiger partial charge in [-0.3, -0.25) is 14.4 Å².